The zero-order valence-electron chi connectivity index (χ0n) is 20.6. The minimum Gasteiger partial charge on any atom is -0.489 e. The number of primary amides is 1. The predicted molar refractivity (Wildman–Crippen MR) is 131 cm³/mol. The molecule has 5 rings (SSSR count). The Hall–Kier alpha value is -4.02. The molecule has 2 amide bonds. The number of ether oxygens (including phenoxy) is 2. The number of aryl methyl sites for hydroxylation is 1. The average molecular weight is 529 g/mol. The molecule has 3 aromatic rings. The van der Waals surface area contributed by atoms with E-state index in [4.69, 9.17) is 10.5 Å². The lowest BCUT2D eigenvalue weighted by Gasteiger charge is -2.38. The molecule has 1 aliphatic carbocycles. The van der Waals surface area contributed by atoms with Crippen molar-refractivity contribution in [1.82, 2.24) is 14.5 Å². The number of imidazole rings is 1. The molecule has 200 valence electrons. The third-order valence-electron chi connectivity index (χ3n) is 7.12. The summed E-state index contributed by atoms with van der Waals surface area (Å²) in [5.41, 5.74) is 8.03. The van der Waals surface area contributed by atoms with Crippen molar-refractivity contribution in [3.05, 3.63) is 66.1 Å². The molecule has 0 radical (unpaired) electrons. The fourth-order valence-corrected chi connectivity index (χ4v) is 5.36. The lowest BCUT2D eigenvalue weighted by molar-refractivity contribution is -0.274. The van der Waals surface area contributed by atoms with Crippen molar-refractivity contribution in [2.75, 3.05) is 13.1 Å². The second-order valence-electron chi connectivity index (χ2n) is 9.85. The molecule has 1 saturated carbocycles. The Morgan fingerprint density at radius 3 is 2.34 bits per heavy atom. The lowest BCUT2D eigenvalue weighted by atomic mass is 9.94. The molecule has 38 heavy (non-hydrogen) atoms. The first-order valence-electron chi connectivity index (χ1n) is 12.3. The summed E-state index contributed by atoms with van der Waals surface area (Å²) in [7, 11) is 1.86. The number of likely N-dealkylation sites (tertiary alicyclic amines) is 1. The van der Waals surface area contributed by atoms with Crippen LogP contribution in [-0.4, -0.2) is 51.8 Å². The third-order valence-corrected chi connectivity index (χ3v) is 7.12. The van der Waals surface area contributed by atoms with Gasteiger partial charge in [0.05, 0.1) is 24.0 Å². The van der Waals surface area contributed by atoms with Crippen LogP contribution >= 0.6 is 0 Å². The van der Waals surface area contributed by atoms with E-state index in [9.17, 15) is 22.8 Å². The fourth-order valence-electron chi connectivity index (χ4n) is 5.36. The number of carbonyl (C=O) groups excluding carboxylic acids is 2. The lowest BCUT2D eigenvalue weighted by Crippen LogP contribution is -2.49. The Morgan fingerprint density at radius 2 is 1.76 bits per heavy atom. The zero-order valence-corrected chi connectivity index (χ0v) is 20.6. The van der Waals surface area contributed by atoms with E-state index in [0.717, 1.165) is 24.1 Å². The van der Waals surface area contributed by atoms with Crippen LogP contribution in [0.1, 0.15) is 28.8 Å². The highest BCUT2D eigenvalue weighted by Gasteiger charge is 2.45. The van der Waals surface area contributed by atoms with E-state index in [1.807, 2.05) is 23.9 Å². The topological polar surface area (TPSA) is 99.7 Å². The van der Waals surface area contributed by atoms with Crippen molar-refractivity contribution < 1.29 is 32.2 Å². The van der Waals surface area contributed by atoms with Gasteiger partial charge in [-0.2, -0.15) is 0 Å². The first kappa shape index (κ1) is 25.6. The molecule has 1 saturated heterocycles. The molecule has 2 aliphatic rings. The van der Waals surface area contributed by atoms with Crippen LogP contribution < -0.4 is 15.2 Å². The molecule has 2 N–H and O–H groups in total. The number of carbonyl (C=O) groups is 2. The summed E-state index contributed by atoms with van der Waals surface area (Å²) in [6, 6.07) is 10.6. The summed E-state index contributed by atoms with van der Waals surface area (Å²) in [4.78, 5) is 31.3. The molecule has 2 aromatic carbocycles. The van der Waals surface area contributed by atoms with Crippen LogP contribution in [0.4, 0.5) is 13.2 Å². The summed E-state index contributed by atoms with van der Waals surface area (Å²) in [6.07, 6.45) is 0.463. The number of alkyl halides is 3. The van der Waals surface area contributed by atoms with Gasteiger partial charge in [0.25, 0.3) is 5.91 Å². The minimum absolute atomic E-state index is 0.0814. The van der Waals surface area contributed by atoms with Crippen LogP contribution in [0.25, 0.3) is 11.3 Å². The van der Waals surface area contributed by atoms with Gasteiger partial charge in [0.1, 0.15) is 17.6 Å². The van der Waals surface area contributed by atoms with Gasteiger partial charge in [-0.05, 0) is 48.7 Å². The number of rotatable bonds is 7. The molecule has 3 atom stereocenters. The Balaban J connectivity index is 1.24. The minimum atomic E-state index is -4.76. The average Bonchev–Trinajstić information content (AvgIpc) is 3.38. The highest BCUT2D eigenvalue weighted by atomic mass is 19.4. The molecule has 2 heterocycles. The van der Waals surface area contributed by atoms with E-state index in [-0.39, 0.29) is 41.6 Å². The summed E-state index contributed by atoms with van der Waals surface area (Å²) in [5.74, 6) is -0.409. The van der Waals surface area contributed by atoms with Gasteiger partial charge >= 0.3 is 6.36 Å². The zero-order chi connectivity index (χ0) is 27.0. The van der Waals surface area contributed by atoms with Gasteiger partial charge in [-0.3, -0.25) is 9.59 Å². The molecule has 8 nitrogen and oxygen atoms in total. The number of nitrogens with two attached hydrogens (primary N) is 1. The summed E-state index contributed by atoms with van der Waals surface area (Å²) < 4.78 is 49.2. The maximum absolute atomic E-state index is 13.0. The first-order chi connectivity index (χ1) is 18.1. The van der Waals surface area contributed by atoms with Crippen LogP contribution in [0.5, 0.6) is 11.5 Å². The van der Waals surface area contributed by atoms with Crippen molar-refractivity contribution in [2.24, 2.45) is 24.6 Å². The second kappa shape index (κ2) is 10.0. The third kappa shape index (κ3) is 5.61. The molecule has 0 unspecified atom stereocenters. The molecule has 2 fully saturated rings. The number of benzene rings is 2. The number of hydrogen-bond donors (Lipinski definition) is 1. The number of nitrogens with zero attached hydrogens (tertiary/aromatic N) is 3. The predicted octanol–water partition coefficient (Wildman–Crippen LogP) is 3.94. The quantitative estimate of drug-likeness (QED) is 0.501. The Labute approximate surface area is 217 Å². The van der Waals surface area contributed by atoms with Gasteiger partial charge in [0.15, 0.2) is 0 Å². The van der Waals surface area contributed by atoms with Crippen molar-refractivity contribution in [3.63, 3.8) is 0 Å². The number of fused-ring (bicyclic) bond motifs is 2. The molecular formula is C27H27F3N4O4. The fraction of sp³-hybridized carbons (Fsp3) is 0.370. The van der Waals surface area contributed by atoms with E-state index in [2.05, 4.69) is 9.72 Å². The van der Waals surface area contributed by atoms with Gasteiger partial charge in [-0.25, -0.2) is 4.98 Å². The van der Waals surface area contributed by atoms with Gasteiger partial charge < -0.3 is 24.7 Å². The van der Waals surface area contributed by atoms with Crippen LogP contribution in [0, 0.1) is 11.8 Å². The number of piperidine rings is 1. The largest absolute Gasteiger partial charge is 0.573 e. The van der Waals surface area contributed by atoms with E-state index in [1.54, 1.807) is 23.4 Å². The highest BCUT2D eigenvalue weighted by molar-refractivity contribution is 5.97. The normalized spacial score (nSPS) is 20.8. The number of hydrogen-bond acceptors (Lipinski definition) is 5. The first-order valence-corrected chi connectivity index (χ1v) is 12.3. The van der Waals surface area contributed by atoms with Crippen molar-refractivity contribution in [2.45, 2.75) is 31.7 Å². The number of aromatic nitrogens is 2. The smallest absolute Gasteiger partial charge is 0.489 e. The Bertz CT molecular complexity index is 1320. The van der Waals surface area contributed by atoms with Crippen LogP contribution in [-0.2, 0) is 18.3 Å². The molecule has 1 aromatic heterocycles. The van der Waals surface area contributed by atoms with Gasteiger partial charge in [-0.1, -0.05) is 12.1 Å². The van der Waals surface area contributed by atoms with Crippen LogP contribution in [0.3, 0.4) is 0 Å². The van der Waals surface area contributed by atoms with E-state index < -0.39 is 12.3 Å². The molecule has 2 bridgehead atoms. The molecule has 11 heteroatoms. The highest BCUT2D eigenvalue weighted by Crippen LogP contribution is 2.40. The van der Waals surface area contributed by atoms with E-state index in [0.29, 0.717) is 24.4 Å². The van der Waals surface area contributed by atoms with Crippen molar-refractivity contribution >= 4 is 11.8 Å². The molecule has 1 aliphatic heterocycles. The summed E-state index contributed by atoms with van der Waals surface area (Å²) in [5, 5.41) is 0. The molecular weight excluding hydrogens is 501 g/mol. The van der Waals surface area contributed by atoms with Crippen LogP contribution in [0.15, 0.2) is 55.0 Å². The Kier molecular flexibility index (Phi) is 6.77. The second-order valence-corrected chi connectivity index (χ2v) is 9.85. The maximum atomic E-state index is 13.0. The Morgan fingerprint density at radius 1 is 1.08 bits per heavy atom. The van der Waals surface area contributed by atoms with Gasteiger partial charge in [-0.15, -0.1) is 13.2 Å². The molecule has 0 spiro atoms. The van der Waals surface area contributed by atoms with Crippen molar-refractivity contribution in [3.8, 4) is 22.8 Å². The maximum Gasteiger partial charge on any atom is 0.573 e. The SMILES string of the molecule is Cn1cnc(-c2ccc(O[C@@H]3[C@@H]4CC[C@H]3CN(C(=O)Cc3ccc(OC(F)(F)F)cc3)C4)c(C(N)=O)c2)c1. The van der Waals surface area contributed by atoms with Gasteiger partial charge in [0, 0.05) is 43.7 Å². The number of amides is 2. The van der Waals surface area contributed by atoms with E-state index >= 15 is 0 Å². The summed E-state index contributed by atoms with van der Waals surface area (Å²) in [6.45, 7) is 1.01. The number of halogens is 3. The summed E-state index contributed by atoms with van der Waals surface area (Å²) >= 11 is 0. The standard InChI is InChI=1S/C27H27F3N4O4/c1-33-14-22(32-15-33)17-6-9-23(21(11-17)26(31)36)37-25-18-4-5-19(25)13-34(12-18)24(35)10-16-2-7-20(8-3-16)38-27(28,29)30/h2-3,6-9,11,14-15,18-19,25H,4-5,10,12-13H2,1H3,(H2,31,36)/t18-,19+,25-. The van der Waals surface area contributed by atoms with Crippen molar-refractivity contribution in [1.29, 1.82) is 0 Å². The van der Waals surface area contributed by atoms with Crippen LogP contribution in [0.2, 0.25) is 0 Å². The van der Waals surface area contributed by atoms with E-state index in [1.165, 1.54) is 24.3 Å². The van der Waals surface area contributed by atoms with Gasteiger partial charge in [0.2, 0.25) is 5.91 Å². The monoisotopic (exact) mass is 528 g/mol.